The Morgan fingerprint density at radius 1 is 1.48 bits per heavy atom. The molecule has 1 fully saturated rings. The van der Waals surface area contributed by atoms with Crippen LogP contribution in [0.15, 0.2) is 12.2 Å². The molecule has 2 N–H and O–H groups in total. The van der Waals surface area contributed by atoms with Gasteiger partial charge >= 0.3 is 29.6 Å². The summed E-state index contributed by atoms with van der Waals surface area (Å²) in [4.78, 5) is 10.7. The van der Waals surface area contributed by atoms with Crippen LogP contribution in [-0.2, 0) is 4.79 Å². The Labute approximate surface area is 149 Å². The van der Waals surface area contributed by atoms with Gasteiger partial charge in [0.1, 0.15) is 0 Å². The summed E-state index contributed by atoms with van der Waals surface area (Å²) < 4.78 is 0. The Kier molecular flexibility index (Phi) is 10.9. The van der Waals surface area contributed by atoms with Gasteiger partial charge in [0.05, 0.1) is 11.7 Å². The normalized spacial score (nSPS) is 27.3. The van der Waals surface area contributed by atoms with Crippen LogP contribution in [0.25, 0.3) is 0 Å². The molecule has 3 atom stereocenters. The first-order valence-corrected chi connectivity index (χ1v) is 7.74. The summed E-state index contributed by atoms with van der Waals surface area (Å²) in [6, 6.07) is 0. The number of aliphatic carboxylic acids is 1. The van der Waals surface area contributed by atoms with Crippen molar-refractivity contribution in [2.45, 2.75) is 76.4 Å². The number of hydrogen-bond donors (Lipinski definition) is 2. The second kappa shape index (κ2) is 10.8. The van der Waals surface area contributed by atoms with Crippen LogP contribution < -0.4 is 34.7 Å². The summed E-state index contributed by atoms with van der Waals surface area (Å²) in [5.74, 6) is -1.05. The van der Waals surface area contributed by atoms with Gasteiger partial charge in [0.25, 0.3) is 0 Å². The first kappa shape index (κ1) is 21.1. The van der Waals surface area contributed by atoms with Crippen molar-refractivity contribution < 1.29 is 49.7 Å². The Bertz CT molecular complexity index is 332. The van der Waals surface area contributed by atoms with Crippen LogP contribution in [0.2, 0.25) is 0 Å². The number of aliphatic hydroxyl groups is 2. The van der Waals surface area contributed by atoms with E-state index in [0.717, 1.165) is 38.5 Å². The molecule has 1 rings (SSSR count). The molecule has 0 unspecified atom stereocenters. The van der Waals surface area contributed by atoms with Gasteiger partial charge in [0.15, 0.2) is 0 Å². The van der Waals surface area contributed by atoms with Crippen LogP contribution in [0.3, 0.4) is 0 Å². The van der Waals surface area contributed by atoms with E-state index in [-0.39, 0.29) is 41.9 Å². The van der Waals surface area contributed by atoms with E-state index in [4.69, 9.17) is 0 Å². The third kappa shape index (κ3) is 8.99. The molecule has 0 saturated heterocycles. The van der Waals surface area contributed by atoms with Crippen molar-refractivity contribution in [2.75, 3.05) is 0 Å². The van der Waals surface area contributed by atoms with Crippen LogP contribution in [-0.4, -0.2) is 27.9 Å². The third-order valence-corrected chi connectivity index (χ3v) is 4.04. The standard InChI is InChI=1S/C16H28O4.Na/c1-2-3-4-7-14(17)9-8-13-6-5-10-16(20,11-13)12-15(18)19;/h8-9,13-14,17,20H,2-7,10-12H2,1H3,(H,18,19);/q;+1/p-1/b9-8+;/t13-,14-,16+;/m0./s1. The predicted molar refractivity (Wildman–Crippen MR) is 75.8 cm³/mol. The molecule has 0 heterocycles. The molecular formula is C16H27NaO4. The van der Waals surface area contributed by atoms with Gasteiger partial charge in [0.2, 0.25) is 0 Å². The molecule has 0 bridgehead atoms. The minimum Gasteiger partial charge on any atom is -0.550 e. The second-order valence-electron chi connectivity index (χ2n) is 6.08. The maximum Gasteiger partial charge on any atom is 1.00 e. The number of aliphatic hydroxyl groups excluding tert-OH is 1. The molecule has 0 aromatic rings. The van der Waals surface area contributed by atoms with Crippen molar-refractivity contribution >= 4 is 5.97 Å². The minimum absolute atomic E-state index is 0. The molecule has 21 heavy (non-hydrogen) atoms. The van der Waals surface area contributed by atoms with Crippen molar-refractivity contribution in [1.29, 1.82) is 0 Å². The van der Waals surface area contributed by atoms with Crippen LogP contribution in [0.5, 0.6) is 0 Å². The zero-order valence-corrected chi connectivity index (χ0v) is 15.4. The smallest absolute Gasteiger partial charge is 0.550 e. The quantitative estimate of drug-likeness (QED) is 0.327. The number of carbonyl (C=O) groups is 1. The zero-order valence-electron chi connectivity index (χ0n) is 13.4. The molecular weight excluding hydrogens is 279 g/mol. The third-order valence-electron chi connectivity index (χ3n) is 4.04. The monoisotopic (exact) mass is 306 g/mol. The average Bonchev–Trinajstić information content (AvgIpc) is 2.35. The minimum atomic E-state index is -1.20. The number of carboxylic acid groups (broad SMARTS) is 1. The Hall–Kier alpha value is 0.130. The van der Waals surface area contributed by atoms with Crippen LogP contribution in [0, 0.1) is 5.92 Å². The van der Waals surface area contributed by atoms with E-state index in [9.17, 15) is 20.1 Å². The Morgan fingerprint density at radius 3 is 2.81 bits per heavy atom. The number of hydrogen-bond acceptors (Lipinski definition) is 4. The molecule has 0 aromatic heterocycles. The van der Waals surface area contributed by atoms with Gasteiger partial charge in [-0.15, -0.1) is 0 Å². The summed E-state index contributed by atoms with van der Waals surface area (Å²) in [7, 11) is 0. The van der Waals surface area contributed by atoms with Crippen LogP contribution in [0.1, 0.15) is 64.7 Å². The molecule has 1 saturated carbocycles. The fraction of sp³-hybridized carbons (Fsp3) is 0.812. The molecule has 0 spiro atoms. The largest absolute Gasteiger partial charge is 1.00 e. The fourth-order valence-corrected chi connectivity index (χ4v) is 2.96. The van der Waals surface area contributed by atoms with E-state index in [1.54, 1.807) is 6.08 Å². The summed E-state index contributed by atoms with van der Waals surface area (Å²) in [6.45, 7) is 2.13. The van der Waals surface area contributed by atoms with Gasteiger partial charge in [-0.3, -0.25) is 0 Å². The van der Waals surface area contributed by atoms with E-state index < -0.39 is 17.7 Å². The van der Waals surface area contributed by atoms with Crippen molar-refractivity contribution in [3.8, 4) is 0 Å². The molecule has 4 nitrogen and oxygen atoms in total. The second-order valence-corrected chi connectivity index (χ2v) is 6.08. The average molecular weight is 306 g/mol. The molecule has 1 aliphatic rings. The van der Waals surface area contributed by atoms with Gasteiger partial charge in [-0.05, 0) is 38.0 Å². The van der Waals surface area contributed by atoms with Crippen molar-refractivity contribution in [2.24, 2.45) is 5.92 Å². The summed E-state index contributed by atoms with van der Waals surface area (Å²) in [6.07, 6.45) is 9.76. The predicted octanol–water partition coefficient (Wildman–Crippen LogP) is -1.45. The maximum absolute atomic E-state index is 10.7. The van der Waals surface area contributed by atoms with Crippen molar-refractivity contribution in [1.82, 2.24) is 0 Å². The molecule has 0 radical (unpaired) electrons. The van der Waals surface area contributed by atoms with Gasteiger partial charge in [-0.1, -0.05) is 38.3 Å². The summed E-state index contributed by atoms with van der Waals surface area (Å²) >= 11 is 0. The van der Waals surface area contributed by atoms with Gasteiger partial charge in [-0.25, -0.2) is 0 Å². The number of unbranched alkanes of at least 4 members (excludes halogenated alkanes) is 2. The topological polar surface area (TPSA) is 80.6 Å². The van der Waals surface area contributed by atoms with E-state index in [2.05, 4.69) is 6.92 Å². The van der Waals surface area contributed by atoms with E-state index in [1.807, 2.05) is 6.08 Å². The number of carboxylic acids is 1. The molecule has 0 amide bonds. The molecule has 0 aliphatic heterocycles. The first-order valence-electron chi connectivity index (χ1n) is 7.74. The molecule has 116 valence electrons. The zero-order chi connectivity index (χ0) is 15.0. The SMILES string of the molecule is CCCCC[C@H](O)/C=C/[C@@H]1CCC[C@](O)(CC(=O)[O-])C1.[Na+]. The van der Waals surface area contributed by atoms with Gasteiger partial charge in [-0.2, -0.15) is 0 Å². The van der Waals surface area contributed by atoms with E-state index in [0.29, 0.717) is 12.8 Å². The number of allylic oxidation sites excluding steroid dienone is 1. The summed E-state index contributed by atoms with van der Waals surface area (Å²) in [5.41, 5.74) is -1.14. The van der Waals surface area contributed by atoms with Gasteiger partial charge in [0, 0.05) is 12.4 Å². The van der Waals surface area contributed by atoms with Crippen LogP contribution in [0.4, 0.5) is 0 Å². The van der Waals surface area contributed by atoms with E-state index >= 15 is 0 Å². The van der Waals surface area contributed by atoms with E-state index in [1.165, 1.54) is 0 Å². The van der Waals surface area contributed by atoms with Crippen molar-refractivity contribution in [3.63, 3.8) is 0 Å². The summed E-state index contributed by atoms with van der Waals surface area (Å²) in [5, 5.41) is 30.7. The molecule has 5 heteroatoms. The number of carbonyl (C=O) groups excluding carboxylic acids is 1. The van der Waals surface area contributed by atoms with Crippen LogP contribution >= 0.6 is 0 Å². The fourth-order valence-electron chi connectivity index (χ4n) is 2.96. The molecule has 0 aromatic carbocycles. The van der Waals surface area contributed by atoms with Crippen molar-refractivity contribution in [3.05, 3.63) is 12.2 Å². The Balaban J connectivity index is 0.00000400. The first-order chi connectivity index (χ1) is 9.45. The Morgan fingerprint density at radius 2 is 2.19 bits per heavy atom. The maximum atomic E-state index is 10.7. The molecule has 1 aliphatic carbocycles. The number of rotatable bonds is 8. The van der Waals surface area contributed by atoms with Gasteiger partial charge < -0.3 is 20.1 Å².